The third-order valence-electron chi connectivity index (χ3n) is 5.24. The molecule has 0 aromatic heterocycles. The smallest absolute Gasteiger partial charge is 0.265 e. The van der Waals surface area contributed by atoms with Gasteiger partial charge in [0, 0.05) is 6.54 Å². The SMILES string of the molecule is CCC(C(=O)NCc1ccccc1)N(c1ccccc1OC)S(=O)(=O)c1ccccc1C. The molecule has 1 amide bonds. The molecule has 0 aliphatic carbocycles. The molecule has 0 spiro atoms. The Morgan fingerprint density at radius 2 is 1.59 bits per heavy atom. The van der Waals surface area contributed by atoms with E-state index in [2.05, 4.69) is 5.32 Å². The fourth-order valence-electron chi connectivity index (χ4n) is 3.59. The van der Waals surface area contributed by atoms with Crippen LogP contribution in [0.5, 0.6) is 5.75 Å². The molecule has 1 N–H and O–H groups in total. The van der Waals surface area contributed by atoms with E-state index in [-0.39, 0.29) is 17.2 Å². The molecule has 0 aliphatic rings. The standard InChI is InChI=1S/C25H28N2O4S/c1-4-21(25(28)26-18-20-13-6-5-7-14-20)27(22-15-9-10-16-23(22)31-3)32(29,30)24-17-11-8-12-19(24)2/h5-17,21H,4,18H2,1-3H3,(H,26,28). The Kier molecular flexibility index (Phi) is 7.53. The van der Waals surface area contributed by atoms with Gasteiger partial charge < -0.3 is 10.1 Å². The van der Waals surface area contributed by atoms with Crippen molar-refractivity contribution in [1.82, 2.24) is 5.32 Å². The van der Waals surface area contributed by atoms with Crippen molar-refractivity contribution in [2.45, 2.75) is 37.8 Å². The Morgan fingerprint density at radius 3 is 2.25 bits per heavy atom. The van der Waals surface area contributed by atoms with Gasteiger partial charge >= 0.3 is 0 Å². The van der Waals surface area contributed by atoms with E-state index in [1.54, 1.807) is 62.4 Å². The van der Waals surface area contributed by atoms with Crippen molar-refractivity contribution >= 4 is 21.6 Å². The van der Waals surface area contributed by atoms with Gasteiger partial charge in [-0.1, -0.05) is 67.6 Å². The van der Waals surface area contributed by atoms with Crippen molar-refractivity contribution in [2.24, 2.45) is 0 Å². The van der Waals surface area contributed by atoms with Crippen molar-refractivity contribution in [2.75, 3.05) is 11.4 Å². The molecule has 0 fully saturated rings. The fraction of sp³-hybridized carbons (Fsp3) is 0.240. The summed E-state index contributed by atoms with van der Waals surface area (Å²) in [5.41, 5.74) is 1.85. The second-order valence-electron chi connectivity index (χ2n) is 7.37. The molecular formula is C25H28N2O4S. The Hall–Kier alpha value is -3.32. The summed E-state index contributed by atoms with van der Waals surface area (Å²) in [5, 5.41) is 2.89. The number of amides is 1. The number of hydrogen-bond acceptors (Lipinski definition) is 4. The Morgan fingerprint density at radius 1 is 0.969 bits per heavy atom. The highest BCUT2D eigenvalue weighted by Gasteiger charge is 2.37. The van der Waals surface area contributed by atoms with Crippen LogP contribution in [0.3, 0.4) is 0 Å². The summed E-state index contributed by atoms with van der Waals surface area (Å²) < 4.78 is 34.4. The predicted octanol–water partition coefficient (Wildman–Crippen LogP) is 4.29. The highest BCUT2D eigenvalue weighted by atomic mass is 32.2. The summed E-state index contributed by atoms with van der Waals surface area (Å²) in [6.07, 6.45) is 0.282. The van der Waals surface area contributed by atoms with E-state index in [9.17, 15) is 13.2 Å². The van der Waals surface area contributed by atoms with Crippen molar-refractivity contribution in [1.29, 1.82) is 0 Å². The lowest BCUT2D eigenvalue weighted by Gasteiger charge is -2.32. The Bertz CT molecular complexity index is 1160. The molecule has 1 atom stereocenters. The van der Waals surface area contributed by atoms with Crippen LogP contribution in [0.1, 0.15) is 24.5 Å². The summed E-state index contributed by atoms with van der Waals surface area (Å²) in [6, 6.07) is 22.1. The van der Waals surface area contributed by atoms with Crippen molar-refractivity contribution < 1.29 is 17.9 Å². The number of para-hydroxylation sites is 2. The maximum absolute atomic E-state index is 13.9. The maximum atomic E-state index is 13.9. The molecule has 0 aliphatic heterocycles. The number of anilines is 1. The molecule has 7 heteroatoms. The number of hydrogen-bond donors (Lipinski definition) is 1. The molecule has 1 unspecified atom stereocenters. The monoisotopic (exact) mass is 452 g/mol. The van der Waals surface area contributed by atoms with Gasteiger partial charge in [-0.15, -0.1) is 0 Å². The van der Waals surface area contributed by atoms with Gasteiger partial charge in [0.05, 0.1) is 17.7 Å². The minimum atomic E-state index is -4.06. The zero-order chi connectivity index (χ0) is 23.1. The van der Waals surface area contributed by atoms with Gasteiger partial charge in [0.1, 0.15) is 11.8 Å². The molecular weight excluding hydrogens is 424 g/mol. The van der Waals surface area contributed by atoms with E-state index < -0.39 is 16.1 Å². The lowest BCUT2D eigenvalue weighted by Crippen LogP contribution is -2.49. The number of methoxy groups -OCH3 is 1. The lowest BCUT2D eigenvalue weighted by atomic mass is 10.1. The number of benzene rings is 3. The third-order valence-corrected chi connectivity index (χ3v) is 7.22. The normalized spacial score (nSPS) is 12.1. The van der Waals surface area contributed by atoms with Gasteiger partial charge in [-0.2, -0.15) is 0 Å². The van der Waals surface area contributed by atoms with E-state index in [1.807, 2.05) is 30.3 Å². The van der Waals surface area contributed by atoms with E-state index in [4.69, 9.17) is 4.74 Å². The molecule has 0 saturated carbocycles. The second kappa shape index (κ2) is 10.3. The molecule has 0 radical (unpaired) electrons. The number of nitrogens with zero attached hydrogens (tertiary/aromatic N) is 1. The maximum Gasteiger partial charge on any atom is 0.265 e. The molecule has 0 heterocycles. The first-order valence-electron chi connectivity index (χ1n) is 10.4. The zero-order valence-electron chi connectivity index (χ0n) is 18.5. The van der Waals surface area contributed by atoms with Crippen LogP contribution in [0.2, 0.25) is 0 Å². The molecule has 0 saturated heterocycles. The van der Waals surface area contributed by atoms with Crippen LogP contribution < -0.4 is 14.4 Å². The van der Waals surface area contributed by atoms with Crippen LogP contribution in [0, 0.1) is 6.92 Å². The minimum absolute atomic E-state index is 0.153. The summed E-state index contributed by atoms with van der Waals surface area (Å²) in [7, 11) is -2.58. The van der Waals surface area contributed by atoms with E-state index in [1.165, 1.54) is 11.4 Å². The van der Waals surface area contributed by atoms with Crippen molar-refractivity contribution in [3.05, 3.63) is 90.0 Å². The summed E-state index contributed by atoms with van der Waals surface area (Å²) >= 11 is 0. The first-order valence-corrected chi connectivity index (χ1v) is 11.9. The van der Waals surface area contributed by atoms with Crippen LogP contribution in [0.15, 0.2) is 83.8 Å². The Labute approximate surface area is 189 Å². The molecule has 3 aromatic carbocycles. The third kappa shape index (κ3) is 4.94. The summed E-state index contributed by atoms with van der Waals surface area (Å²) in [5.74, 6) is -0.00149. The van der Waals surface area contributed by atoms with E-state index >= 15 is 0 Å². The first kappa shape index (κ1) is 23.3. The number of carbonyl (C=O) groups excluding carboxylic acids is 1. The fourth-order valence-corrected chi connectivity index (χ4v) is 5.52. The number of ether oxygens (including phenoxy) is 1. The van der Waals surface area contributed by atoms with Gasteiger partial charge in [0.15, 0.2) is 0 Å². The average molecular weight is 453 g/mol. The molecule has 3 rings (SSSR count). The van der Waals surface area contributed by atoms with Gasteiger partial charge in [-0.25, -0.2) is 8.42 Å². The van der Waals surface area contributed by atoms with Crippen LogP contribution in [-0.4, -0.2) is 27.5 Å². The Balaban J connectivity index is 2.06. The molecule has 6 nitrogen and oxygen atoms in total. The van der Waals surface area contributed by atoms with Crippen LogP contribution in [0.4, 0.5) is 5.69 Å². The quantitative estimate of drug-likeness (QED) is 0.525. The minimum Gasteiger partial charge on any atom is -0.495 e. The molecule has 0 bridgehead atoms. The summed E-state index contributed by atoms with van der Waals surface area (Å²) in [6.45, 7) is 3.84. The number of rotatable bonds is 9. The van der Waals surface area contributed by atoms with Crippen LogP contribution in [0.25, 0.3) is 0 Å². The number of sulfonamides is 1. The number of nitrogens with one attached hydrogen (secondary N) is 1. The van der Waals surface area contributed by atoms with E-state index in [0.29, 0.717) is 23.5 Å². The van der Waals surface area contributed by atoms with Gasteiger partial charge in [0.2, 0.25) is 5.91 Å². The highest BCUT2D eigenvalue weighted by molar-refractivity contribution is 7.93. The predicted molar refractivity (Wildman–Crippen MR) is 126 cm³/mol. The number of aryl methyl sites for hydroxylation is 1. The van der Waals surface area contributed by atoms with Crippen LogP contribution >= 0.6 is 0 Å². The lowest BCUT2D eigenvalue weighted by molar-refractivity contribution is -0.122. The molecule has 32 heavy (non-hydrogen) atoms. The van der Waals surface area contributed by atoms with Gasteiger partial charge in [0.25, 0.3) is 10.0 Å². The highest BCUT2D eigenvalue weighted by Crippen LogP contribution is 2.35. The van der Waals surface area contributed by atoms with Gasteiger partial charge in [-0.05, 0) is 42.7 Å². The number of carbonyl (C=O) groups is 1. The van der Waals surface area contributed by atoms with Crippen molar-refractivity contribution in [3.63, 3.8) is 0 Å². The average Bonchev–Trinajstić information content (AvgIpc) is 2.81. The largest absolute Gasteiger partial charge is 0.495 e. The topological polar surface area (TPSA) is 75.7 Å². The van der Waals surface area contributed by atoms with Gasteiger partial charge in [-0.3, -0.25) is 9.10 Å². The first-order chi connectivity index (χ1) is 15.4. The zero-order valence-corrected chi connectivity index (χ0v) is 19.3. The van der Waals surface area contributed by atoms with E-state index in [0.717, 1.165) is 5.56 Å². The molecule has 3 aromatic rings. The summed E-state index contributed by atoms with van der Waals surface area (Å²) in [4.78, 5) is 13.4. The molecule has 168 valence electrons. The second-order valence-corrected chi connectivity index (χ2v) is 9.15. The van der Waals surface area contributed by atoms with Crippen LogP contribution in [-0.2, 0) is 21.4 Å². The van der Waals surface area contributed by atoms with Crippen molar-refractivity contribution in [3.8, 4) is 5.75 Å².